The van der Waals surface area contributed by atoms with E-state index in [0.29, 0.717) is 6.54 Å². The van der Waals surface area contributed by atoms with E-state index in [2.05, 4.69) is 27.9 Å². The van der Waals surface area contributed by atoms with Crippen molar-refractivity contribution in [2.45, 2.75) is 13.1 Å². The van der Waals surface area contributed by atoms with Gasteiger partial charge in [-0.3, -0.25) is 0 Å². The highest BCUT2D eigenvalue weighted by molar-refractivity contribution is 7.11. The molecule has 19 heavy (non-hydrogen) atoms. The summed E-state index contributed by atoms with van der Waals surface area (Å²) in [5.41, 5.74) is 9.22. The van der Waals surface area contributed by atoms with Crippen LogP contribution in [0.4, 0.5) is 5.00 Å². The summed E-state index contributed by atoms with van der Waals surface area (Å²) >= 11 is 1.50. The number of nitrogens with one attached hydrogen (secondary N) is 1. The average Bonchev–Trinajstić information content (AvgIpc) is 2.89. The number of fused-ring (bicyclic) bond motifs is 1. The molecule has 2 aromatic carbocycles. The van der Waals surface area contributed by atoms with Crippen LogP contribution in [0.15, 0.2) is 48.5 Å². The number of hydrogen-bond donors (Lipinski definition) is 2. The fraction of sp³-hybridized carbons (Fsp3) is 0.133. The molecule has 0 saturated carbocycles. The Kier molecular flexibility index (Phi) is 3.44. The minimum Gasteiger partial charge on any atom is -0.371 e. The molecule has 0 fully saturated rings. The van der Waals surface area contributed by atoms with Crippen LogP contribution in [0.1, 0.15) is 11.1 Å². The first-order valence-electron chi connectivity index (χ1n) is 6.23. The maximum absolute atomic E-state index is 5.75. The number of nitrogens with two attached hydrogens (primary N) is 1. The number of hydrogen-bond acceptors (Lipinski definition) is 4. The molecule has 3 aromatic rings. The first-order chi connectivity index (χ1) is 9.38. The topological polar surface area (TPSA) is 50.9 Å². The lowest BCUT2D eigenvalue weighted by atomic mass is 10.1. The van der Waals surface area contributed by atoms with Gasteiger partial charge in [-0.2, -0.15) is 4.37 Å². The van der Waals surface area contributed by atoms with Gasteiger partial charge < -0.3 is 11.1 Å². The predicted molar refractivity (Wildman–Crippen MR) is 81.3 cm³/mol. The second-order valence-electron chi connectivity index (χ2n) is 4.36. The molecule has 0 aliphatic carbocycles. The molecule has 0 radical (unpaired) electrons. The van der Waals surface area contributed by atoms with Crippen molar-refractivity contribution in [3.63, 3.8) is 0 Å². The number of anilines is 1. The quantitative estimate of drug-likeness (QED) is 0.763. The van der Waals surface area contributed by atoms with Crippen molar-refractivity contribution in [1.82, 2.24) is 4.37 Å². The molecule has 96 valence electrons. The Morgan fingerprint density at radius 1 is 1.00 bits per heavy atom. The molecule has 0 bridgehead atoms. The zero-order valence-electron chi connectivity index (χ0n) is 10.5. The summed E-state index contributed by atoms with van der Waals surface area (Å²) in [6.45, 7) is 1.35. The van der Waals surface area contributed by atoms with Gasteiger partial charge in [-0.25, -0.2) is 0 Å². The van der Waals surface area contributed by atoms with Gasteiger partial charge in [0.25, 0.3) is 0 Å². The average molecular weight is 269 g/mol. The summed E-state index contributed by atoms with van der Waals surface area (Å²) < 4.78 is 4.43. The van der Waals surface area contributed by atoms with Gasteiger partial charge in [0.1, 0.15) is 5.00 Å². The van der Waals surface area contributed by atoms with Gasteiger partial charge in [0.2, 0.25) is 0 Å². The maximum atomic E-state index is 5.75. The third-order valence-electron chi connectivity index (χ3n) is 3.16. The van der Waals surface area contributed by atoms with Gasteiger partial charge in [0, 0.05) is 18.5 Å². The minimum atomic E-state index is 0.571. The van der Waals surface area contributed by atoms with Crippen LogP contribution < -0.4 is 11.1 Å². The Morgan fingerprint density at radius 3 is 2.58 bits per heavy atom. The predicted octanol–water partition coefficient (Wildman–Crippen LogP) is 3.37. The van der Waals surface area contributed by atoms with E-state index < -0.39 is 0 Å². The summed E-state index contributed by atoms with van der Waals surface area (Å²) in [5.74, 6) is 0. The van der Waals surface area contributed by atoms with Crippen LogP contribution in [-0.2, 0) is 13.1 Å². The normalized spacial score (nSPS) is 10.8. The number of rotatable bonds is 4. The summed E-state index contributed by atoms with van der Waals surface area (Å²) in [6, 6.07) is 16.4. The molecule has 1 heterocycles. The van der Waals surface area contributed by atoms with Gasteiger partial charge in [-0.1, -0.05) is 36.4 Å². The van der Waals surface area contributed by atoms with E-state index in [1.54, 1.807) is 0 Å². The molecule has 0 spiro atoms. The molecule has 1 aromatic heterocycles. The van der Waals surface area contributed by atoms with Crippen LogP contribution in [0, 0.1) is 0 Å². The molecular formula is C15H15N3S. The minimum absolute atomic E-state index is 0.571. The first kappa shape index (κ1) is 12.1. The molecule has 0 unspecified atom stereocenters. The number of nitrogens with zero attached hydrogens (tertiary/aromatic N) is 1. The van der Waals surface area contributed by atoms with Gasteiger partial charge in [0.15, 0.2) is 0 Å². The first-order valence-corrected chi connectivity index (χ1v) is 7.01. The Hall–Kier alpha value is -1.91. The van der Waals surface area contributed by atoms with Crippen LogP contribution in [0.25, 0.3) is 10.9 Å². The van der Waals surface area contributed by atoms with Gasteiger partial charge >= 0.3 is 0 Å². The van der Waals surface area contributed by atoms with E-state index in [1.165, 1.54) is 28.0 Å². The highest BCUT2D eigenvalue weighted by atomic mass is 32.1. The van der Waals surface area contributed by atoms with E-state index in [-0.39, 0.29) is 0 Å². The molecule has 0 atom stereocenters. The van der Waals surface area contributed by atoms with Crippen molar-refractivity contribution < 1.29 is 0 Å². The van der Waals surface area contributed by atoms with E-state index in [0.717, 1.165) is 17.1 Å². The van der Waals surface area contributed by atoms with Crippen molar-refractivity contribution in [2.75, 3.05) is 5.32 Å². The lowest BCUT2D eigenvalue weighted by molar-refractivity contribution is 1.01. The lowest BCUT2D eigenvalue weighted by Gasteiger charge is -2.08. The fourth-order valence-electron chi connectivity index (χ4n) is 2.12. The highest BCUT2D eigenvalue weighted by Crippen LogP contribution is 2.27. The SMILES string of the molecule is NCc1ccccc1CNc1snc2ccccc12. The van der Waals surface area contributed by atoms with Gasteiger partial charge in [0.05, 0.1) is 5.52 Å². The Bertz CT molecular complexity index is 690. The van der Waals surface area contributed by atoms with E-state index in [9.17, 15) is 0 Å². The van der Waals surface area contributed by atoms with Crippen molar-refractivity contribution in [2.24, 2.45) is 5.73 Å². The van der Waals surface area contributed by atoms with E-state index in [4.69, 9.17) is 5.73 Å². The van der Waals surface area contributed by atoms with Gasteiger partial charge in [-0.05, 0) is 34.8 Å². The molecule has 0 aliphatic heterocycles. The molecule has 3 N–H and O–H groups in total. The highest BCUT2D eigenvalue weighted by Gasteiger charge is 2.05. The van der Waals surface area contributed by atoms with Gasteiger partial charge in [-0.15, -0.1) is 0 Å². The van der Waals surface area contributed by atoms with Crippen molar-refractivity contribution >= 4 is 27.4 Å². The molecule has 0 amide bonds. The van der Waals surface area contributed by atoms with Crippen LogP contribution in [0.5, 0.6) is 0 Å². The van der Waals surface area contributed by atoms with Crippen molar-refractivity contribution in [1.29, 1.82) is 0 Å². The standard InChI is InChI=1S/C15H15N3S/c16-9-11-5-1-2-6-12(11)10-17-15-13-7-3-4-8-14(13)18-19-15/h1-8,17H,9-10,16H2. The van der Waals surface area contributed by atoms with Crippen LogP contribution in [0.2, 0.25) is 0 Å². The van der Waals surface area contributed by atoms with Crippen LogP contribution in [-0.4, -0.2) is 4.37 Å². The Morgan fingerprint density at radius 2 is 1.74 bits per heavy atom. The zero-order valence-corrected chi connectivity index (χ0v) is 11.3. The molecule has 0 aliphatic rings. The molecule has 4 heteroatoms. The third-order valence-corrected chi connectivity index (χ3v) is 4.00. The summed E-state index contributed by atoms with van der Waals surface area (Å²) in [6.07, 6.45) is 0. The van der Waals surface area contributed by atoms with E-state index in [1.807, 2.05) is 30.3 Å². The van der Waals surface area contributed by atoms with Crippen LogP contribution >= 0.6 is 11.5 Å². The number of aromatic nitrogens is 1. The monoisotopic (exact) mass is 269 g/mol. The van der Waals surface area contributed by atoms with Crippen LogP contribution in [0.3, 0.4) is 0 Å². The van der Waals surface area contributed by atoms with Crippen molar-refractivity contribution in [3.8, 4) is 0 Å². The summed E-state index contributed by atoms with van der Waals surface area (Å²) in [5, 5.41) is 5.75. The number of benzene rings is 2. The smallest absolute Gasteiger partial charge is 0.117 e. The van der Waals surface area contributed by atoms with E-state index >= 15 is 0 Å². The lowest BCUT2D eigenvalue weighted by Crippen LogP contribution is -2.05. The molecule has 0 saturated heterocycles. The fourth-order valence-corrected chi connectivity index (χ4v) is 2.88. The largest absolute Gasteiger partial charge is 0.371 e. The second-order valence-corrected chi connectivity index (χ2v) is 5.13. The summed E-state index contributed by atoms with van der Waals surface area (Å²) in [4.78, 5) is 0. The second kappa shape index (κ2) is 5.38. The third kappa shape index (κ3) is 2.45. The van der Waals surface area contributed by atoms with Crippen molar-refractivity contribution in [3.05, 3.63) is 59.7 Å². The summed E-state index contributed by atoms with van der Waals surface area (Å²) in [7, 11) is 0. The Balaban J connectivity index is 1.82. The Labute approximate surface area is 116 Å². The zero-order chi connectivity index (χ0) is 13.1. The molecule has 3 rings (SSSR count). The molecule has 3 nitrogen and oxygen atoms in total. The molecular weight excluding hydrogens is 254 g/mol. The maximum Gasteiger partial charge on any atom is 0.117 e.